The van der Waals surface area contributed by atoms with Crippen molar-refractivity contribution in [3.8, 4) is 23.0 Å². The van der Waals surface area contributed by atoms with Crippen LogP contribution in [0.5, 0.6) is 11.5 Å². The number of aromatic carboxylic acids is 1. The first-order chi connectivity index (χ1) is 17.5. The van der Waals surface area contributed by atoms with Crippen LogP contribution in [0.4, 0.5) is 0 Å². The van der Waals surface area contributed by atoms with E-state index in [1.165, 1.54) is 0 Å². The van der Waals surface area contributed by atoms with Gasteiger partial charge in [-0.05, 0) is 68.9 Å². The number of rotatable bonds is 8. The predicted octanol–water partition coefficient (Wildman–Crippen LogP) is 5.47. The Hall–Kier alpha value is -3.36. The SMILES string of the molecule is Cc1cccc(COC2CCCC(OCc3nc(-c4ccc5c(c4)OCCO5)oc3C)C2)c1C(=O)O. The fraction of sp³-hybridized carbons (Fsp3) is 0.429. The Labute approximate surface area is 210 Å². The molecule has 2 atom stereocenters. The number of carboxylic acid groups (broad SMARTS) is 1. The van der Waals surface area contributed by atoms with E-state index in [2.05, 4.69) is 4.98 Å². The first-order valence-electron chi connectivity index (χ1n) is 12.4. The second-order valence-corrected chi connectivity index (χ2v) is 9.33. The third-order valence-electron chi connectivity index (χ3n) is 6.76. The summed E-state index contributed by atoms with van der Waals surface area (Å²) in [5, 5.41) is 9.55. The fourth-order valence-corrected chi connectivity index (χ4v) is 4.83. The quantitative estimate of drug-likeness (QED) is 0.441. The molecule has 190 valence electrons. The van der Waals surface area contributed by atoms with E-state index in [4.69, 9.17) is 23.4 Å². The molecule has 2 heterocycles. The predicted molar refractivity (Wildman–Crippen MR) is 131 cm³/mol. The van der Waals surface area contributed by atoms with Gasteiger partial charge in [0.25, 0.3) is 0 Å². The zero-order valence-corrected chi connectivity index (χ0v) is 20.6. The number of carboxylic acids is 1. The van der Waals surface area contributed by atoms with Crippen molar-refractivity contribution in [3.05, 3.63) is 64.5 Å². The normalized spacial score (nSPS) is 19.3. The molecule has 5 rings (SSSR count). The maximum Gasteiger partial charge on any atom is 0.336 e. The first kappa shape index (κ1) is 24.3. The smallest absolute Gasteiger partial charge is 0.336 e. The standard InChI is InChI=1S/C28H31NO7/c1-17-5-3-6-20(26(17)28(30)31)15-34-21-7-4-8-22(14-21)35-16-23-18(2)36-27(29-23)19-9-10-24-25(13-19)33-12-11-32-24/h3,5-6,9-10,13,21-22H,4,7-8,11-12,14-16H2,1-2H3,(H,30,31). The maximum absolute atomic E-state index is 11.6. The molecule has 1 saturated carbocycles. The van der Waals surface area contributed by atoms with Crippen LogP contribution in [0.25, 0.3) is 11.5 Å². The summed E-state index contributed by atoms with van der Waals surface area (Å²) in [6, 6.07) is 11.2. The zero-order chi connectivity index (χ0) is 25.1. The second kappa shape index (κ2) is 10.7. The van der Waals surface area contributed by atoms with Crippen LogP contribution < -0.4 is 9.47 Å². The lowest BCUT2D eigenvalue weighted by molar-refractivity contribution is -0.0564. The van der Waals surface area contributed by atoms with E-state index >= 15 is 0 Å². The maximum atomic E-state index is 11.6. The van der Waals surface area contributed by atoms with Crippen molar-refractivity contribution < 1.29 is 33.3 Å². The highest BCUT2D eigenvalue weighted by Crippen LogP contribution is 2.35. The number of nitrogens with zero attached hydrogens (tertiary/aromatic N) is 1. The van der Waals surface area contributed by atoms with Crippen LogP contribution in [0, 0.1) is 13.8 Å². The molecule has 0 bridgehead atoms. The largest absolute Gasteiger partial charge is 0.486 e. The van der Waals surface area contributed by atoms with E-state index in [1.807, 2.05) is 50.2 Å². The fourth-order valence-electron chi connectivity index (χ4n) is 4.83. The highest BCUT2D eigenvalue weighted by atomic mass is 16.6. The summed E-state index contributed by atoms with van der Waals surface area (Å²) >= 11 is 0. The van der Waals surface area contributed by atoms with Crippen LogP contribution in [0.1, 0.15) is 58.6 Å². The number of ether oxygens (including phenoxy) is 4. The number of benzene rings is 2. The third-order valence-corrected chi connectivity index (χ3v) is 6.76. The highest BCUT2D eigenvalue weighted by molar-refractivity contribution is 5.91. The van der Waals surface area contributed by atoms with E-state index in [1.54, 1.807) is 0 Å². The molecule has 8 heteroatoms. The number of hydrogen-bond acceptors (Lipinski definition) is 7. The van der Waals surface area contributed by atoms with Gasteiger partial charge in [0.05, 0.1) is 31.0 Å². The van der Waals surface area contributed by atoms with Gasteiger partial charge in [-0.1, -0.05) is 18.2 Å². The topological polar surface area (TPSA) is 100 Å². The van der Waals surface area contributed by atoms with Gasteiger partial charge in [-0.25, -0.2) is 9.78 Å². The summed E-state index contributed by atoms with van der Waals surface area (Å²) in [5.41, 5.74) is 3.38. The number of oxazole rings is 1. The minimum atomic E-state index is -0.921. The van der Waals surface area contributed by atoms with Gasteiger partial charge < -0.3 is 28.5 Å². The Balaban J connectivity index is 1.17. The van der Waals surface area contributed by atoms with Crippen LogP contribution in [0.15, 0.2) is 40.8 Å². The van der Waals surface area contributed by atoms with Crippen LogP contribution in [-0.4, -0.2) is 41.5 Å². The summed E-state index contributed by atoms with van der Waals surface area (Å²) in [5.74, 6) is 1.76. The Morgan fingerprint density at radius 3 is 2.56 bits per heavy atom. The van der Waals surface area contributed by atoms with Crippen molar-refractivity contribution in [2.45, 2.75) is 65.0 Å². The van der Waals surface area contributed by atoms with Gasteiger partial charge in [0.15, 0.2) is 11.5 Å². The Morgan fingerprint density at radius 1 is 1.03 bits per heavy atom. The van der Waals surface area contributed by atoms with Crippen molar-refractivity contribution in [3.63, 3.8) is 0 Å². The molecule has 0 spiro atoms. The van der Waals surface area contributed by atoms with E-state index in [9.17, 15) is 9.90 Å². The second-order valence-electron chi connectivity index (χ2n) is 9.33. The molecular weight excluding hydrogens is 462 g/mol. The molecule has 2 aliphatic rings. The van der Waals surface area contributed by atoms with Gasteiger partial charge in [0, 0.05) is 5.56 Å². The molecule has 0 radical (unpaired) electrons. The Bertz CT molecular complexity index is 1230. The van der Waals surface area contributed by atoms with Crippen molar-refractivity contribution in [2.24, 2.45) is 0 Å². The van der Waals surface area contributed by atoms with E-state index in [-0.39, 0.29) is 18.8 Å². The first-order valence-corrected chi connectivity index (χ1v) is 12.4. The Kier molecular flexibility index (Phi) is 7.25. The van der Waals surface area contributed by atoms with E-state index in [0.717, 1.165) is 54.0 Å². The zero-order valence-electron chi connectivity index (χ0n) is 20.6. The molecule has 2 unspecified atom stereocenters. The molecule has 0 amide bonds. The summed E-state index contributed by atoms with van der Waals surface area (Å²) in [4.78, 5) is 16.3. The molecule has 2 aromatic carbocycles. The van der Waals surface area contributed by atoms with E-state index < -0.39 is 5.97 Å². The van der Waals surface area contributed by atoms with Crippen LogP contribution >= 0.6 is 0 Å². The monoisotopic (exact) mass is 493 g/mol. The lowest BCUT2D eigenvalue weighted by Gasteiger charge is -2.29. The van der Waals surface area contributed by atoms with Crippen molar-refractivity contribution in [1.82, 2.24) is 4.98 Å². The Morgan fingerprint density at radius 2 is 1.78 bits per heavy atom. The van der Waals surface area contributed by atoms with E-state index in [0.29, 0.717) is 42.6 Å². The summed E-state index contributed by atoms with van der Waals surface area (Å²) in [7, 11) is 0. The summed E-state index contributed by atoms with van der Waals surface area (Å²) < 4.78 is 29.5. The molecule has 0 saturated heterocycles. The molecule has 1 aliphatic carbocycles. The lowest BCUT2D eigenvalue weighted by Crippen LogP contribution is -2.28. The summed E-state index contributed by atoms with van der Waals surface area (Å²) in [6.07, 6.45) is 3.73. The van der Waals surface area contributed by atoms with Crippen molar-refractivity contribution in [2.75, 3.05) is 13.2 Å². The average molecular weight is 494 g/mol. The van der Waals surface area contributed by atoms with Crippen LogP contribution in [-0.2, 0) is 22.7 Å². The molecule has 36 heavy (non-hydrogen) atoms. The minimum Gasteiger partial charge on any atom is -0.486 e. The molecule has 1 N–H and O–H groups in total. The van der Waals surface area contributed by atoms with Crippen molar-refractivity contribution >= 4 is 5.97 Å². The van der Waals surface area contributed by atoms with Crippen molar-refractivity contribution in [1.29, 1.82) is 0 Å². The number of aromatic nitrogens is 1. The number of hydrogen-bond donors (Lipinski definition) is 1. The van der Waals surface area contributed by atoms with Gasteiger partial charge in [-0.15, -0.1) is 0 Å². The molecule has 1 aromatic heterocycles. The molecule has 1 aliphatic heterocycles. The molecule has 1 fully saturated rings. The van der Waals surface area contributed by atoms with Gasteiger partial charge in [0.2, 0.25) is 5.89 Å². The lowest BCUT2D eigenvalue weighted by atomic mass is 9.94. The highest BCUT2D eigenvalue weighted by Gasteiger charge is 2.25. The molecular formula is C28H31NO7. The van der Waals surface area contributed by atoms with Crippen LogP contribution in [0.3, 0.4) is 0 Å². The molecule has 8 nitrogen and oxygen atoms in total. The van der Waals surface area contributed by atoms with Gasteiger partial charge in [0.1, 0.15) is 24.7 Å². The third kappa shape index (κ3) is 5.39. The summed E-state index contributed by atoms with van der Waals surface area (Å²) in [6.45, 7) is 5.41. The molecule has 3 aromatic rings. The van der Waals surface area contributed by atoms with Gasteiger partial charge in [-0.3, -0.25) is 0 Å². The number of aryl methyl sites for hydroxylation is 2. The van der Waals surface area contributed by atoms with Crippen LogP contribution in [0.2, 0.25) is 0 Å². The number of carbonyl (C=O) groups is 1. The minimum absolute atomic E-state index is 0.0255. The number of fused-ring (bicyclic) bond motifs is 1. The van der Waals surface area contributed by atoms with Gasteiger partial charge in [-0.2, -0.15) is 0 Å². The van der Waals surface area contributed by atoms with Gasteiger partial charge >= 0.3 is 5.97 Å². The average Bonchev–Trinajstić information content (AvgIpc) is 3.26.